The van der Waals surface area contributed by atoms with Gasteiger partial charge in [-0.2, -0.15) is 0 Å². The van der Waals surface area contributed by atoms with E-state index in [1.165, 1.54) is 10.8 Å². The third-order valence-electron chi connectivity index (χ3n) is 3.76. The van der Waals surface area contributed by atoms with E-state index in [1.54, 1.807) is 0 Å². The van der Waals surface area contributed by atoms with Crippen LogP contribution in [0.5, 0.6) is 0 Å². The van der Waals surface area contributed by atoms with Gasteiger partial charge in [-0.1, -0.05) is 61.5 Å². The van der Waals surface area contributed by atoms with Gasteiger partial charge in [-0.05, 0) is 39.9 Å². The van der Waals surface area contributed by atoms with Gasteiger partial charge in [0.1, 0.15) is 0 Å². The summed E-state index contributed by atoms with van der Waals surface area (Å²) in [5.41, 5.74) is 4.03. The molecule has 0 N–H and O–H groups in total. The first-order valence-electron chi connectivity index (χ1n) is 6.89. The molecule has 0 radical (unpaired) electrons. The maximum Gasteiger partial charge on any atom is 0.150 e. The summed E-state index contributed by atoms with van der Waals surface area (Å²) < 4.78 is 0. The van der Waals surface area contributed by atoms with Gasteiger partial charge in [-0.25, -0.2) is 0 Å². The first kappa shape index (κ1) is 12.6. The molecule has 0 aliphatic rings. The molecular formula is C19H16O. The minimum Gasteiger partial charge on any atom is -0.298 e. The summed E-state index contributed by atoms with van der Waals surface area (Å²) in [6.45, 7) is 2.08. The highest BCUT2D eigenvalue weighted by molar-refractivity contribution is 5.93. The number of carbonyl (C=O) groups is 1. The summed E-state index contributed by atoms with van der Waals surface area (Å²) >= 11 is 0. The van der Waals surface area contributed by atoms with Gasteiger partial charge < -0.3 is 0 Å². The van der Waals surface area contributed by atoms with Crippen LogP contribution in [0.3, 0.4) is 0 Å². The number of hydrogen-bond donors (Lipinski definition) is 0. The van der Waals surface area contributed by atoms with Crippen LogP contribution in [0.1, 0.15) is 22.8 Å². The Labute approximate surface area is 118 Å². The summed E-state index contributed by atoms with van der Waals surface area (Å²) in [6, 6.07) is 20.7. The van der Waals surface area contributed by atoms with Crippen molar-refractivity contribution in [1.29, 1.82) is 0 Å². The van der Waals surface area contributed by atoms with Crippen molar-refractivity contribution in [3.05, 3.63) is 71.8 Å². The molecule has 3 aromatic carbocycles. The number of hydrogen-bond acceptors (Lipinski definition) is 1. The second-order valence-electron chi connectivity index (χ2n) is 4.91. The topological polar surface area (TPSA) is 17.1 Å². The molecule has 0 aliphatic heterocycles. The third-order valence-corrected chi connectivity index (χ3v) is 3.76. The fourth-order valence-corrected chi connectivity index (χ4v) is 2.67. The lowest BCUT2D eigenvalue weighted by atomic mass is 9.94. The number of aldehydes is 1. The molecule has 0 saturated carbocycles. The molecule has 3 rings (SSSR count). The van der Waals surface area contributed by atoms with Crippen LogP contribution in [0.25, 0.3) is 21.9 Å². The van der Waals surface area contributed by atoms with E-state index in [9.17, 15) is 4.79 Å². The van der Waals surface area contributed by atoms with Crippen LogP contribution in [0.15, 0.2) is 60.7 Å². The number of aryl methyl sites for hydroxylation is 1. The predicted octanol–water partition coefficient (Wildman–Crippen LogP) is 4.88. The normalized spacial score (nSPS) is 10.7. The quantitative estimate of drug-likeness (QED) is 0.613. The van der Waals surface area contributed by atoms with Gasteiger partial charge in [0.25, 0.3) is 0 Å². The highest BCUT2D eigenvalue weighted by atomic mass is 16.1. The lowest BCUT2D eigenvalue weighted by Gasteiger charge is -2.10. The van der Waals surface area contributed by atoms with Gasteiger partial charge in [-0.15, -0.1) is 0 Å². The zero-order valence-corrected chi connectivity index (χ0v) is 11.5. The molecule has 0 heterocycles. The number of carbonyl (C=O) groups excluding carboxylic acids is 1. The van der Waals surface area contributed by atoms with Gasteiger partial charge >= 0.3 is 0 Å². The Morgan fingerprint density at radius 1 is 0.900 bits per heavy atom. The summed E-state index contributed by atoms with van der Waals surface area (Å²) in [7, 11) is 0. The molecular weight excluding hydrogens is 244 g/mol. The van der Waals surface area contributed by atoms with Crippen LogP contribution >= 0.6 is 0 Å². The van der Waals surface area contributed by atoms with Crippen LogP contribution in [-0.4, -0.2) is 6.29 Å². The summed E-state index contributed by atoms with van der Waals surface area (Å²) in [4.78, 5) is 11.4. The van der Waals surface area contributed by atoms with E-state index in [-0.39, 0.29) is 0 Å². The summed E-state index contributed by atoms with van der Waals surface area (Å²) in [5, 5.41) is 2.42. The van der Waals surface area contributed by atoms with Crippen LogP contribution in [0.2, 0.25) is 0 Å². The van der Waals surface area contributed by atoms with Crippen molar-refractivity contribution in [3.63, 3.8) is 0 Å². The standard InChI is InChI=1S/C19H16O/c1-2-14-8-5-9-18(19(14)13-20)17-11-10-15-6-3-4-7-16(15)12-17/h3-13H,2H2,1H3. The van der Waals surface area contributed by atoms with Gasteiger partial charge in [0.2, 0.25) is 0 Å². The summed E-state index contributed by atoms with van der Waals surface area (Å²) in [6.07, 6.45) is 1.85. The highest BCUT2D eigenvalue weighted by Gasteiger charge is 2.08. The van der Waals surface area contributed by atoms with Gasteiger partial charge in [0.05, 0.1) is 0 Å². The fourth-order valence-electron chi connectivity index (χ4n) is 2.67. The molecule has 0 saturated heterocycles. The number of fused-ring (bicyclic) bond motifs is 1. The number of benzene rings is 3. The molecule has 0 fully saturated rings. The highest BCUT2D eigenvalue weighted by Crippen LogP contribution is 2.28. The zero-order valence-electron chi connectivity index (χ0n) is 11.5. The Morgan fingerprint density at radius 2 is 1.70 bits per heavy atom. The van der Waals surface area contributed by atoms with Gasteiger partial charge in [0, 0.05) is 5.56 Å². The van der Waals surface area contributed by atoms with E-state index in [0.717, 1.165) is 35.0 Å². The van der Waals surface area contributed by atoms with Crippen molar-refractivity contribution in [3.8, 4) is 11.1 Å². The van der Waals surface area contributed by atoms with Crippen LogP contribution in [-0.2, 0) is 6.42 Å². The van der Waals surface area contributed by atoms with Crippen molar-refractivity contribution >= 4 is 17.1 Å². The van der Waals surface area contributed by atoms with Crippen molar-refractivity contribution < 1.29 is 4.79 Å². The minimum atomic E-state index is 0.810. The van der Waals surface area contributed by atoms with Crippen molar-refractivity contribution in [1.82, 2.24) is 0 Å². The monoisotopic (exact) mass is 260 g/mol. The van der Waals surface area contributed by atoms with Crippen molar-refractivity contribution in [2.24, 2.45) is 0 Å². The Balaban J connectivity index is 2.22. The van der Waals surface area contributed by atoms with Crippen LogP contribution in [0, 0.1) is 0 Å². The smallest absolute Gasteiger partial charge is 0.150 e. The third kappa shape index (κ3) is 2.12. The molecule has 0 unspecified atom stereocenters. The zero-order chi connectivity index (χ0) is 13.9. The fraction of sp³-hybridized carbons (Fsp3) is 0.105. The van der Waals surface area contributed by atoms with E-state index in [1.807, 2.05) is 30.3 Å². The van der Waals surface area contributed by atoms with Gasteiger partial charge in [-0.3, -0.25) is 4.79 Å². The van der Waals surface area contributed by atoms with E-state index < -0.39 is 0 Å². The average molecular weight is 260 g/mol. The Kier molecular flexibility index (Phi) is 3.34. The molecule has 20 heavy (non-hydrogen) atoms. The predicted molar refractivity (Wildman–Crippen MR) is 84.1 cm³/mol. The molecule has 1 heteroatoms. The second-order valence-corrected chi connectivity index (χ2v) is 4.91. The molecule has 0 spiro atoms. The van der Waals surface area contributed by atoms with E-state index in [4.69, 9.17) is 0 Å². The SMILES string of the molecule is CCc1cccc(-c2ccc3ccccc3c2)c1C=O. The molecule has 98 valence electrons. The van der Waals surface area contributed by atoms with E-state index in [2.05, 4.69) is 37.3 Å². The van der Waals surface area contributed by atoms with Crippen molar-refractivity contribution in [2.75, 3.05) is 0 Å². The van der Waals surface area contributed by atoms with E-state index in [0.29, 0.717) is 0 Å². The molecule has 1 nitrogen and oxygen atoms in total. The largest absolute Gasteiger partial charge is 0.298 e. The Bertz CT molecular complexity index is 772. The molecule has 0 bridgehead atoms. The molecule has 0 aliphatic carbocycles. The first-order valence-corrected chi connectivity index (χ1v) is 6.89. The first-order chi connectivity index (χ1) is 9.83. The number of rotatable bonds is 3. The Hall–Kier alpha value is -2.41. The molecule has 0 aromatic heterocycles. The van der Waals surface area contributed by atoms with E-state index >= 15 is 0 Å². The summed E-state index contributed by atoms with van der Waals surface area (Å²) in [5.74, 6) is 0. The lowest BCUT2D eigenvalue weighted by Crippen LogP contribution is -1.94. The average Bonchev–Trinajstić information content (AvgIpc) is 2.53. The van der Waals surface area contributed by atoms with Gasteiger partial charge in [0.15, 0.2) is 6.29 Å². The molecule has 3 aromatic rings. The lowest BCUT2D eigenvalue weighted by molar-refractivity contribution is 0.112. The maximum atomic E-state index is 11.4. The second kappa shape index (κ2) is 5.30. The minimum absolute atomic E-state index is 0.810. The van der Waals surface area contributed by atoms with Crippen molar-refractivity contribution in [2.45, 2.75) is 13.3 Å². The maximum absolute atomic E-state index is 11.4. The van der Waals surface area contributed by atoms with Crippen LogP contribution < -0.4 is 0 Å². The van der Waals surface area contributed by atoms with Crippen LogP contribution in [0.4, 0.5) is 0 Å². The Morgan fingerprint density at radius 3 is 2.45 bits per heavy atom. The molecule has 0 atom stereocenters. The molecule has 0 amide bonds.